The fraction of sp³-hybridized carbons (Fsp3) is 0.500. The fourth-order valence-electron chi connectivity index (χ4n) is 3.22. The van der Waals surface area contributed by atoms with Gasteiger partial charge in [-0.1, -0.05) is 30.3 Å². The lowest BCUT2D eigenvalue weighted by molar-refractivity contribution is -0.137. The van der Waals surface area contributed by atoms with E-state index >= 15 is 0 Å². The van der Waals surface area contributed by atoms with Gasteiger partial charge in [0.2, 0.25) is 11.8 Å². The molecule has 0 spiro atoms. The van der Waals surface area contributed by atoms with E-state index in [-0.39, 0.29) is 30.3 Å². The number of carbonyl (C=O) groups excluding carboxylic acids is 2. The third-order valence-electron chi connectivity index (χ3n) is 4.44. The zero-order chi connectivity index (χ0) is 14.8. The molecule has 3 rings (SSSR count). The lowest BCUT2D eigenvalue weighted by atomic mass is 9.95. The lowest BCUT2D eigenvalue weighted by Crippen LogP contribution is -2.40. The smallest absolute Gasteiger partial charge is 0.242 e. The molecule has 2 atom stereocenters. The Morgan fingerprint density at radius 1 is 1.24 bits per heavy atom. The van der Waals surface area contributed by atoms with Crippen LogP contribution in [0.1, 0.15) is 24.3 Å². The van der Waals surface area contributed by atoms with Crippen LogP contribution in [0.2, 0.25) is 0 Å². The Morgan fingerprint density at radius 3 is 2.67 bits per heavy atom. The van der Waals surface area contributed by atoms with Gasteiger partial charge in [-0.2, -0.15) is 0 Å². The second kappa shape index (κ2) is 5.85. The molecule has 0 bridgehead atoms. The number of hydrogen-bond donors (Lipinski definition) is 1. The summed E-state index contributed by atoms with van der Waals surface area (Å²) in [5.74, 6) is 0.287. The maximum absolute atomic E-state index is 12.3. The molecule has 0 saturated carbocycles. The normalized spacial score (nSPS) is 25.7. The highest BCUT2D eigenvalue weighted by atomic mass is 16.2. The van der Waals surface area contributed by atoms with E-state index in [1.54, 1.807) is 9.80 Å². The van der Waals surface area contributed by atoms with Gasteiger partial charge in [0.05, 0.1) is 6.54 Å². The van der Waals surface area contributed by atoms with Crippen molar-refractivity contribution in [1.29, 1.82) is 0 Å². The number of nitrogens with zero attached hydrogens (tertiary/aromatic N) is 2. The molecule has 0 aliphatic carbocycles. The number of nitrogens with two attached hydrogens (primary N) is 1. The molecule has 21 heavy (non-hydrogen) atoms. The Kier molecular flexibility index (Phi) is 3.92. The van der Waals surface area contributed by atoms with E-state index in [2.05, 4.69) is 12.1 Å². The molecule has 2 N–H and O–H groups in total. The Morgan fingerprint density at radius 2 is 2.00 bits per heavy atom. The van der Waals surface area contributed by atoms with Crippen molar-refractivity contribution in [3.63, 3.8) is 0 Å². The number of likely N-dealkylation sites (tertiary alicyclic amines) is 2. The summed E-state index contributed by atoms with van der Waals surface area (Å²) >= 11 is 0. The van der Waals surface area contributed by atoms with Crippen LogP contribution < -0.4 is 5.73 Å². The minimum absolute atomic E-state index is 0.0131. The van der Waals surface area contributed by atoms with Crippen molar-refractivity contribution in [2.24, 2.45) is 5.73 Å². The van der Waals surface area contributed by atoms with Crippen LogP contribution in [0.15, 0.2) is 30.3 Å². The number of carbonyl (C=O) groups is 2. The molecule has 0 unspecified atom stereocenters. The number of amides is 2. The summed E-state index contributed by atoms with van der Waals surface area (Å²) in [6, 6.07) is 10.0. The summed E-state index contributed by atoms with van der Waals surface area (Å²) in [7, 11) is 0. The van der Waals surface area contributed by atoms with E-state index in [4.69, 9.17) is 5.73 Å². The quantitative estimate of drug-likeness (QED) is 0.883. The zero-order valence-corrected chi connectivity index (χ0v) is 12.1. The van der Waals surface area contributed by atoms with Crippen molar-refractivity contribution in [2.75, 3.05) is 26.2 Å². The summed E-state index contributed by atoms with van der Waals surface area (Å²) in [5, 5.41) is 0. The van der Waals surface area contributed by atoms with Crippen molar-refractivity contribution < 1.29 is 9.59 Å². The van der Waals surface area contributed by atoms with Crippen LogP contribution >= 0.6 is 0 Å². The third kappa shape index (κ3) is 2.93. The minimum Gasteiger partial charge on any atom is -0.339 e. The molecule has 2 heterocycles. The highest BCUT2D eigenvalue weighted by Crippen LogP contribution is 2.26. The molecule has 1 aromatic carbocycles. The third-order valence-corrected chi connectivity index (χ3v) is 4.44. The molecule has 2 aliphatic rings. The average molecular weight is 287 g/mol. The molecular weight excluding hydrogens is 266 g/mol. The first-order chi connectivity index (χ1) is 10.1. The minimum atomic E-state index is -0.0365. The molecule has 2 aliphatic heterocycles. The van der Waals surface area contributed by atoms with Gasteiger partial charge in [0.25, 0.3) is 0 Å². The predicted molar refractivity (Wildman–Crippen MR) is 79.6 cm³/mol. The van der Waals surface area contributed by atoms with E-state index in [1.165, 1.54) is 5.56 Å². The van der Waals surface area contributed by atoms with Gasteiger partial charge in [0.1, 0.15) is 0 Å². The van der Waals surface area contributed by atoms with E-state index in [9.17, 15) is 9.59 Å². The van der Waals surface area contributed by atoms with Crippen LogP contribution in [0.5, 0.6) is 0 Å². The van der Waals surface area contributed by atoms with Gasteiger partial charge < -0.3 is 15.5 Å². The van der Waals surface area contributed by atoms with Gasteiger partial charge in [-0.15, -0.1) is 0 Å². The summed E-state index contributed by atoms with van der Waals surface area (Å²) in [5.41, 5.74) is 7.38. The van der Waals surface area contributed by atoms with Crippen LogP contribution in [0.4, 0.5) is 0 Å². The van der Waals surface area contributed by atoms with Crippen molar-refractivity contribution in [3.05, 3.63) is 35.9 Å². The molecule has 2 amide bonds. The number of rotatable bonds is 3. The highest BCUT2D eigenvalue weighted by molar-refractivity contribution is 5.86. The zero-order valence-electron chi connectivity index (χ0n) is 12.1. The van der Waals surface area contributed by atoms with E-state index in [0.29, 0.717) is 26.1 Å². The second-order valence-corrected chi connectivity index (χ2v) is 5.90. The summed E-state index contributed by atoms with van der Waals surface area (Å²) in [6.07, 6.45) is 1.43. The lowest BCUT2D eigenvalue weighted by Gasteiger charge is -2.21. The maximum atomic E-state index is 12.3. The Hall–Kier alpha value is -1.88. The van der Waals surface area contributed by atoms with Gasteiger partial charge in [0.15, 0.2) is 0 Å². The topological polar surface area (TPSA) is 66.6 Å². The van der Waals surface area contributed by atoms with Gasteiger partial charge in [-0.25, -0.2) is 0 Å². The molecular formula is C16H21N3O2. The summed E-state index contributed by atoms with van der Waals surface area (Å²) in [6.45, 7) is 2.12. The van der Waals surface area contributed by atoms with Crippen LogP contribution in [-0.4, -0.2) is 53.8 Å². The SMILES string of the molecule is N[C@@H]1CN(C(=O)CN2CCCC2=O)C[C@H]1c1ccccc1. The van der Waals surface area contributed by atoms with E-state index in [1.807, 2.05) is 18.2 Å². The summed E-state index contributed by atoms with van der Waals surface area (Å²) < 4.78 is 0. The van der Waals surface area contributed by atoms with Gasteiger partial charge in [-0.05, 0) is 12.0 Å². The molecule has 1 aromatic rings. The van der Waals surface area contributed by atoms with E-state index in [0.717, 1.165) is 6.42 Å². The molecule has 2 fully saturated rings. The molecule has 0 aromatic heterocycles. The standard InChI is InChI=1S/C16H21N3O2/c17-14-10-19(9-13(14)12-5-2-1-3-6-12)16(21)11-18-8-4-7-15(18)20/h1-3,5-6,13-14H,4,7-11,17H2/t13-,14+/m0/s1. The van der Waals surface area contributed by atoms with Crippen molar-refractivity contribution in [2.45, 2.75) is 24.8 Å². The predicted octanol–water partition coefficient (Wildman–Crippen LogP) is 0.562. The fourth-order valence-corrected chi connectivity index (χ4v) is 3.22. The summed E-state index contributed by atoms with van der Waals surface area (Å²) in [4.78, 5) is 27.4. The largest absolute Gasteiger partial charge is 0.339 e. The number of benzene rings is 1. The first-order valence-corrected chi connectivity index (χ1v) is 7.51. The van der Waals surface area contributed by atoms with Crippen molar-refractivity contribution in [3.8, 4) is 0 Å². The average Bonchev–Trinajstić information content (AvgIpc) is 3.07. The van der Waals surface area contributed by atoms with Gasteiger partial charge >= 0.3 is 0 Å². The molecule has 5 nitrogen and oxygen atoms in total. The Bertz CT molecular complexity index is 532. The molecule has 0 radical (unpaired) electrons. The first kappa shape index (κ1) is 14.1. The monoisotopic (exact) mass is 287 g/mol. The van der Waals surface area contributed by atoms with Crippen LogP contribution in [0, 0.1) is 0 Å². The van der Waals surface area contributed by atoms with Crippen LogP contribution in [-0.2, 0) is 9.59 Å². The van der Waals surface area contributed by atoms with Gasteiger partial charge in [-0.3, -0.25) is 9.59 Å². The Labute approximate surface area is 124 Å². The maximum Gasteiger partial charge on any atom is 0.242 e. The Balaban J connectivity index is 1.63. The van der Waals surface area contributed by atoms with Gasteiger partial charge in [0, 0.05) is 38.0 Å². The molecule has 112 valence electrons. The van der Waals surface area contributed by atoms with Crippen LogP contribution in [0.25, 0.3) is 0 Å². The highest BCUT2D eigenvalue weighted by Gasteiger charge is 2.35. The van der Waals surface area contributed by atoms with E-state index < -0.39 is 0 Å². The van der Waals surface area contributed by atoms with Crippen molar-refractivity contribution >= 4 is 11.8 Å². The first-order valence-electron chi connectivity index (χ1n) is 7.51. The molecule has 5 heteroatoms. The number of hydrogen-bond acceptors (Lipinski definition) is 3. The van der Waals surface area contributed by atoms with Crippen LogP contribution in [0.3, 0.4) is 0 Å². The van der Waals surface area contributed by atoms with Crippen molar-refractivity contribution in [1.82, 2.24) is 9.80 Å². The second-order valence-electron chi connectivity index (χ2n) is 5.90. The molecule has 2 saturated heterocycles.